The standard InChI is InChI=1S/C14H15N5O4/c1-7-10(8(2)19-11(15-7)5-12(20)18-19)4-14(21)22-6-13-17-16-9(3)23-13/h5H,4,6H2,1-3H3,(H,18,20). The van der Waals surface area contributed by atoms with Crippen molar-refractivity contribution < 1.29 is 13.9 Å². The molecule has 120 valence electrons. The van der Waals surface area contributed by atoms with Crippen LogP contribution in [0.3, 0.4) is 0 Å². The fraction of sp³-hybridized carbons (Fsp3) is 0.357. The maximum absolute atomic E-state index is 12.0. The van der Waals surface area contributed by atoms with E-state index < -0.39 is 5.97 Å². The number of hydrogen-bond acceptors (Lipinski definition) is 7. The first kappa shape index (κ1) is 14.9. The number of nitrogens with zero attached hydrogens (tertiary/aromatic N) is 4. The summed E-state index contributed by atoms with van der Waals surface area (Å²) >= 11 is 0. The molecule has 0 unspecified atom stereocenters. The minimum absolute atomic E-state index is 0.0357. The van der Waals surface area contributed by atoms with E-state index in [1.54, 1.807) is 18.4 Å². The van der Waals surface area contributed by atoms with E-state index in [0.29, 0.717) is 22.8 Å². The third-order valence-electron chi connectivity index (χ3n) is 3.45. The lowest BCUT2D eigenvalue weighted by Gasteiger charge is -2.10. The van der Waals surface area contributed by atoms with E-state index in [2.05, 4.69) is 20.3 Å². The van der Waals surface area contributed by atoms with E-state index >= 15 is 0 Å². The molecule has 1 N–H and O–H groups in total. The van der Waals surface area contributed by atoms with E-state index in [9.17, 15) is 9.59 Å². The number of aromatic amines is 1. The predicted molar refractivity (Wildman–Crippen MR) is 77.8 cm³/mol. The molecule has 0 fully saturated rings. The van der Waals surface area contributed by atoms with Crippen LogP contribution in [0.4, 0.5) is 0 Å². The molecule has 0 aliphatic rings. The van der Waals surface area contributed by atoms with Crippen molar-refractivity contribution in [3.05, 3.63) is 45.2 Å². The second-order valence-electron chi connectivity index (χ2n) is 5.13. The Morgan fingerprint density at radius 1 is 1.35 bits per heavy atom. The number of fused-ring (bicyclic) bond motifs is 1. The van der Waals surface area contributed by atoms with Crippen LogP contribution in [0.1, 0.15) is 28.7 Å². The Morgan fingerprint density at radius 3 is 2.83 bits per heavy atom. The highest BCUT2D eigenvalue weighted by Crippen LogP contribution is 2.14. The summed E-state index contributed by atoms with van der Waals surface area (Å²) in [7, 11) is 0. The second-order valence-corrected chi connectivity index (χ2v) is 5.13. The fourth-order valence-corrected chi connectivity index (χ4v) is 2.34. The Balaban J connectivity index is 1.77. The van der Waals surface area contributed by atoms with Gasteiger partial charge in [-0.05, 0) is 13.8 Å². The van der Waals surface area contributed by atoms with E-state index in [1.807, 2.05) is 6.92 Å². The largest absolute Gasteiger partial charge is 0.455 e. The minimum atomic E-state index is -0.442. The van der Waals surface area contributed by atoms with Crippen LogP contribution in [0.25, 0.3) is 5.65 Å². The number of carbonyl (C=O) groups is 1. The van der Waals surface area contributed by atoms with Gasteiger partial charge in [0.05, 0.1) is 6.42 Å². The number of rotatable bonds is 4. The summed E-state index contributed by atoms with van der Waals surface area (Å²) in [5.41, 5.74) is 2.39. The number of ether oxygens (including phenoxy) is 1. The molecule has 0 radical (unpaired) electrons. The maximum atomic E-state index is 12.0. The highest BCUT2D eigenvalue weighted by atomic mass is 16.5. The summed E-state index contributed by atoms with van der Waals surface area (Å²) < 4.78 is 11.8. The Morgan fingerprint density at radius 2 is 2.13 bits per heavy atom. The lowest BCUT2D eigenvalue weighted by molar-refractivity contribution is -0.144. The van der Waals surface area contributed by atoms with Gasteiger partial charge >= 0.3 is 5.97 Å². The smallest absolute Gasteiger partial charge is 0.310 e. The molecular formula is C14H15N5O4. The molecule has 0 aromatic carbocycles. The highest BCUT2D eigenvalue weighted by molar-refractivity contribution is 5.73. The first-order valence-electron chi connectivity index (χ1n) is 6.96. The van der Waals surface area contributed by atoms with Crippen LogP contribution in [-0.2, 0) is 22.6 Å². The first-order chi connectivity index (χ1) is 10.9. The van der Waals surface area contributed by atoms with E-state index in [-0.39, 0.29) is 24.5 Å². The van der Waals surface area contributed by atoms with Crippen molar-refractivity contribution in [2.75, 3.05) is 0 Å². The lowest BCUT2D eigenvalue weighted by atomic mass is 10.1. The SMILES string of the molecule is Cc1nnc(COC(=O)Cc2c(C)nc3cc(=O)[nH]n3c2C)o1. The topological polar surface area (TPSA) is 115 Å². The van der Waals surface area contributed by atoms with Gasteiger partial charge in [-0.1, -0.05) is 0 Å². The van der Waals surface area contributed by atoms with Gasteiger partial charge in [0.2, 0.25) is 5.89 Å². The van der Waals surface area contributed by atoms with Crippen molar-refractivity contribution in [2.24, 2.45) is 0 Å². The molecule has 3 heterocycles. The van der Waals surface area contributed by atoms with Gasteiger partial charge in [0.25, 0.3) is 11.4 Å². The van der Waals surface area contributed by atoms with Gasteiger partial charge in [-0.3, -0.25) is 14.7 Å². The third-order valence-corrected chi connectivity index (χ3v) is 3.45. The monoisotopic (exact) mass is 317 g/mol. The van der Waals surface area contributed by atoms with Crippen molar-refractivity contribution in [1.82, 2.24) is 24.8 Å². The number of aromatic nitrogens is 5. The molecule has 3 aromatic heterocycles. The van der Waals surface area contributed by atoms with E-state index in [0.717, 1.165) is 5.69 Å². The van der Waals surface area contributed by atoms with Gasteiger partial charge < -0.3 is 9.15 Å². The van der Waals surface area contributed by atoms with Gasteiger partial charge in [-0.2, -0.15) is 0 Å². The molecule has 0 aliphatic heterocycles. The summed E-state index contributed by atoms with van der Waals surface area (Å²) in [6.07, 6.45) is 0.0357. The molecular weight excluding hydrogens is 302 g/mol. The van der Waals surface area contributed by atoms with Gasteiger partial charge in [-0.15, -0.1) is 10.2 Å². The molecule has 3 aromatic rings. The van der Waals surface area contributed by atoms with Crippen LogP contribution in [0.15, 0.2) is 15.3 Å². The summed E-state index contributed by atoms with van der Waals surface area (Å²) in [6.45, 7) is 5.17. The number of nitrogens with one attached hydrogen (secondary N) is 1. The van der Waals surface area contributed by atoms with Gasteiger partial charge in [0, 0.05) is 29.9 Å². The highest BCUT2D eigenvalue weighted by Gasteiger charge is 2.16. The Kier molecular flexibility index (Phi) is 3.68. The summed E-state index contributed by atoms with van der Waals surface area (Å²) in [6, 6.07) is 1.40. The molecule has 0 amide bonds. The average molecular weight is 317 g/mol. The molecule has 9 heteroatoms. The number of aryl methyl sites for hydroxylation is 3. The fourth-order valence-electron chi connectivity index (χ4n) is 2.34. The number of hydrogen-bond donors (Lipinski definition) is 1. The van der Waals surface area contributed by atoms with E-state index in [1.165, 1.54) is 6.07 Å². The molecule has 0 atom stereocenters. The van der Waals surface area contributed by atoms with Crippen molar-refractivity contribution >= 4 is 11.6 Å². The second kappa shape index (κ2) is 5.67. The molecule has 3 rings (SSSR count). The van der Waals surface area contributed by atoms with Crippen molar-refractivity contribution in [3.63, 3.8) is 0 Å². The number of H-pyrrole nitrogens is 1. The molecule has 0 bridgehead atoms. The van der Waals surface area contributed by atoms with Crippen LogP contribution in [-0.4, -0.2) is 30.8 Å². The Bertz CT molecular complexity index is 936. The number of esters is 1. The average Bonchev–Trinajstić information content (AvgIpc) is 3.06. The van der Waals surface area contributed by atoms with Crippen molar-refractivity contribution in [3.8, 4) is 0 Å². The molecule has 0 aliphatic carbocycles. The zero-order valence-electron chi connectivity index (χ0n) is 12.9. The summed E-state index contributed by atoms with van der Waals surface area (Å²) in [4.78, 5) is 27.7. The van der Waals surface area contributed by atoms with Crippen LogP contribution in [0.5, 0.6) is 0 Å². The zero-order chi connectivity index (χ0) is 16.6. The van der Waals surface area contributed by atoms with Crippen LogP contribution in [0, 0.1) is 20.8 Å². The summed E-state index contributed by atoms with van der Waals surface area (Å²) in [5, 5.41) is 10.1. The van der Waals surface area contributed by atoms with Crippen LogP contribution < -0.4 is 5.56 Å². The van der Waals surface area contributed by atoms with Crippen LogP contribution in [0.2, 0.25) is 0 Å². The molecule has 0 saturated heterocycles. The molecule has 0 saturated carbocycles. The third kappa shape index (κ3) is 2.98. The molecule has 23 heavy (non-hydrogen) atoms. The van der Waals surface area contributed by atoms with Gasteiger partial charge in [0.15, 0.2) is 12.3 Å². The minimum Gasteiger partial charge on any atom is -0.455 e. The van der Waals surface area contributed by atoms with Crippen LogP contribution >= 0.6 is 0 Å². The van der Waals surface area contributed by atoms with E-state index in [4.69, 9.17) is 9.15 Å². The van der Waals surface area contributed by atoms with Gasteiger partial charge in [0.1, 0.15) is 0 Å². The zero-order valence-corrected chi connectivity index (χ0v) is 12.9. The molecule has 9 nitrogen and oxygen atoms in total. The van der Waals surface area contributed by atoms with Crippen molar-refractivity contribution in [1.29, 1.82) is 0 Å². The normalized spacial score (nSPS) is 11.1. The number of carbonyl (C=O) groups excluding carboxylic acids is 1. The quantitative estimate of drug-likeness (QED) is 0.701. The van der Waals surface area contributed by atoms with Gasteiger partial charge in [-0.25, -0.2) is 9.50 Å². The molecule has 0 spiro atoms. The maximum Gasteiger partial charge on any atom is 0.310 e. The van der Waals surface area contributed by atoms with Crippen molar-refractivity contribution in [2.45, 2.75) is 33.8 Å². The first-order valence-corrected chi connectivity index (χ1v) is 6.96. The Hall–Kier alpha value is -2.97. The predicted octanol–water partition coefficient (Wildman–Crippen LogP) is 0.617. The summed E-state index contributed by atoms with van der Waals surface area (Å²) in [5.74, 6) is 0.212. The Labute approximate surface area is 130 Å². The lowest BCUT2D eigenvalue weighted by Crippen LogP contribution is -2.14.